The highest BCUT2D eigenvalue weighted by atomic mass is 35.5. The molecule has 1 aromatic carbocycles. The third-order valence-corrected chi connectivity index (χ3v) is 3.56. The fourth-order valence-corrected chi connectivity index (χ4v) is 2.50. The lowest BCUT2D eigenvalue weighted by Gasteiger charge is -2.03. The maximum atomic E-state index is 12.1. The Morgan fingerprint density at radius 3 is 2.54 bits per heavy atom. The zero-order valence-electron chi connectivity index (χ0n) is 12.8. The number of amides is 1. The number of aromatic nitrogens is 4. The highest BCUT2D eigenvalue weighted by Gasteiger charge is 2.16. The van der Waals surface area contributed by atoms with E-state index in [1.165, 1.54) is 0 Å². The normalized spacial score (nSPS) is 11.0. The number of rotatable bonds is 4. The van der Waals surface area contributed by atoms with Crippen LogP contribution in [0.4, 0.5) is 6.01 Å². The lowest BCUT2D eigenvalue weighted by Crippen LogP contribution is -2.14. The highest BCUT2D eigenvalue weighted by molar-refractivity contribution is 6.35. The van der Waals surface area contributed by atoms with Crippen LogP contribution in [0, 0.1) is 0 Å². The summed E-state index contributed by atoms with van der Waals surface area (Å²) < 4.78 is 7.10. The van der Waals surface area contributed by atoms with Crippen molar-refractivity contribution in [3.05, 3.63) is 46.2 Å². The zero-order chi connectivity index (χ0) is 17.3. The van der Waals surface area contributed by atoms with Crippen molar-refractivity contribution in [1.29, 1.82) is 0 Å². The second-order valence-corrected chi connectivity index (χ2v) is 6.17. The van der Waals surface area contributed by atoms with Gasteiger partial charge in [0.15, 0.2) is 5.69 Å². The first kappa shape index (κ1) is 16.5. The minimum Gasteiger partial charge on any atom is -0.403 e. The molecule has 0 saturated carbocycles. The van der Waals surface area contributed by atoms with Gasteiger partial charge in [0.25, 0.3) is 5.91 Å². The first-order valence-electron chi connectivity index (χ1n) is 7.09. The van der Waals surface area contributed by atoms with Crippen LogP contribution in [0.3, 0.4) is 0 Å². The Labute approximate surface area is 147 Å². The third kappa shape index (κ3) is 3.58. The third-order valence-electron chi connectivity index (χ3n) is 3.13. The van der Waals surface area contributed by atoms with Crippen molar-refractivity contribution >= 4 is 35.1 Å². The molecule has 2 heterocycles. The number of hydrogen-bond acceptors (Lipinski definition) is 5. The molecule has 0 bridgehead atoms. The molecule has 1 N–H and O–H groups in total. The van der Waals surface area contributed by atoms with Crippen molar-refractivity contribution in [2.75, 3.05) is 5.32 Å². The number of carbonyl (C=O) groups excluding carboxylic acids is 1. The van der Waals surface area contributed by atoms with Gasteiger partial charge in [-0.3, -0.25) is 14.8 Å². The Hall–Kier alpha value is -2.38. The van der Waals surface area contributed by atoms with E-state index >= 15 is 0 Å². The predicted molar refractivity (Wildman–Crippen MR) is 90.3 cm³/mol. The molecular formula is C15H13Cl2N5O2. The van der Waals surface area contributed by atoms with Crippen LogP contribution in [-0.4, -0.2) is 25.9 Å². The molecule has 3 rings (SSSR count). The highest BCUT2D eigenvalue weighted by Crippen LogP contribution is 2.27. The second kappa shape index (κ2) is 6.62. The van der Waals surface area contributed by atoms with Crippen molar-refractivity contribution < 1.29 is 9.21 Å². The zero-order valence-corrected chi connectivity index (χ0v) is 14.3. The van der Waals surface area contributed by atoms with Gasteiger partial charge in [-0.05, 0) is 38.1 Å². The number of hydrogen-bond donors (Lipinski definition) is 1. The molecule has 0 aliphatic rings. The maximum absolute atomic E-state index is 12.1. The van der Waals surface area contributed by atoms with Gasteiger partial charge in [-0.2, -0.15) is 5.10 Å². The number of nitrogens with zero attached hydrogens (tertiary/aromatic N) is 4. The minimum atomic E-state index is -0.436. The fraction of sp³-hybridized carbons (Fsp3) is 0.200. The maximum Gasteiger partial charge on any atom is 0.322 e. The van der Waals surface area contributed by atoms with Crippen molar-refractivity contribution in [1.82, 2.24) is 20.0 Å². The summed E-state index contributed by atoms with van der Waals surface area (Å²) in [6.45, 7) is 3.93. The number of carbonyl (C=O) groups is 1. The summed E-state index contributed by atoms with van der Waals surface area (Å²) in [6, 6.07) is 6.60. The van der Waals surface area contributed by atoms with Gasteiger partial charge in [-0.15, -0.1) is 5.10 Å². The molecule has 2 aromatic heterocycles. The van der Waals surface area contributed by atoms with Gasteiger partial charge in [0, 0.05) is 27.8 Å². The molecule has 0 fully saturated rings. The van der Waals surface area contributed by atoms with Crippen molar-refractivity contribution in [3.8, 4) is 11.5 Å². The average Bonchev–Trinajstić information content (AvgIpc) is 3.15. The van der Waals surface area contributed by atoms with Crippen LogP contribution < -0.4 is 5.32 Å². The summed E-state index contributed by atoms with van der Waals surface area (Å²) in [7, 11) is 0. The Morgan fingerprint density at radius 2 is 1.92 bits per heavy atom. The van der Waals surface area contributed by atoms with Crippen molar-refractivity contribution in [2.24, 2.45) is 0 Å². The Kier molecular flexibility index (Phi) is 4.55. The van der Waals surface area contributed by atoms with E-state index in [-0.39, 0.29) is 23.6 Å². The van der Waals surface area contributed by atoms with Crippen LogP contribution in [0.15, 0.2) is 34.9 Å². The van der Waals surface area contributed by atoms with Crippen LogP contribution in [0.25, 0.3) is 11.5 Å². The molecule has 0 unspecified atom stereocenters. The van der Waals surface area contributed by atoms with Gasteiger partial charge in [-0.25, -0.2) is 0 Å². The van der Waals surface area contributed by atoms with Crippen LogP contribution in [0.2, 0.25) is 10.0 Å². The minimum absolute atomic E-state index is 0.0369. The van der Waals surface area contributed by atoms with Crippen LogP contribution in [0.5, 0.6) is 0 Å². The lowest BCUT2D eigenvalue weighted by molar-refractivity contribution is 0.101. The summed E-state index contributed by atoms with van der Waals surface area (Å²) in [5.74, 6) is -0.240. The van der Waals surface area contributed by atoms with E-state index in [1.807, 2.05) is 13.8 Å². The smallest absolute Gasteiger partial charge is 0.322 e. The molecule has 0 saturated heterocycles. The van der Waals surface area contributed by atoms with Gasteiger partial charge < -0.3 is 4.42 Å². The largest absolute Gasteiger partial charge is 0.403 e. The van der Waals surface area contributed by atoms with E-state index in [1.54, 1.807) is 35.1 Å². The molecule has 9 heteroatoms. The summed E-state index contributed by atoms with van der Waals surface area (Å²) in [5.41, 5.74) is 0.818. The van der Waals surface area contributed by atoms with Crippen LogP contribution in [0.1, 0.15) is 30.4 Å². The molecule has 0 radical (unpaired) electrons. The Morgan fingerprint density at radius 1 is 1.21 bits per heavy atom. The molecule has 0 aliphatic heterocycles. The van der Waals surface area contributed by atoms with Crippen LogP contribution >= 0.6 is 23.2 Å². The van der Waals surface area contributed by atoms with E-state index in [4.69, 9.17) is 27.6 Å². The number of benzene rings is 1. The van der Waals surface area contributed by atoms with Crippen molar-refractivity contribution in [2.45, 2.75) is 19.9 Å². The Bertz CT molecular complexity index is 867. The molecule has 0 atom stereocenters. The predicted octanol–water partition coefficient (Wildman–Crippen LogP) is 4.07. The van der Waals surface area contributed by atoms with Gasteiger partial charge in [0.05, 0.1) is 0 Å². The topological polar surface area (TPSA) is 85.8 Å². The van der Waals surface area contributed by atoms with Gasteiger partial charge >= 0.3 is 6.01 Å². The van der Waals surface area contributed by atoms with Crippen molar-refractivity contribution in [3.63, 3.8) is 0 Å². The SMILES string of the molecule is CC(C)n1ccc(C(=O)Nc2nnc(-c3cc(Cl)cc(Cl)c3)o2)n1. The summed E-state index contributed by atoms with van der Waals surface area (Å²) in [4.78, 5) is 12.1. The summed E-state index contributed by atoms with van der Waals surface area (Å²) in [6.07, 6.45) is 1.73. The molecule has 1 amide bonds. The Balaban J connectivity index is 1.76. The van der Waals surface area contributed by atoms with E-state index < -0.39 is 5.91 Å². The monoisotopic (exact) mass is 365 g/mol. The molecule has 7 nitrogen and oxygen atoms in total. The standard InChI is InChI=1S/C15H13Cl2N5O2/c1-8(2)22-4-3-12(21-22)13(23)18-15-20-19-14(24-15)9-5-10(16)7-11(17)6-9/h3-8H,1-2H3,(H,18,20,23). The van der Waals surface area contributed by atoms with E-state index in [9.17, 15) is 4.79 Å². The lowest BCUT2D eigenvalue weighted by atomic mass is 10.2. The molecule has 3 aromatic rings. The van der Waals surface area contributed by atoms with Gasteiger partial charge in [0.1, 0.15) is 0 Å². The van der Waals surface area contributed by atoms with Crippen LogP contribution in [-0.2, 0) is 0 Å². The van der Waals surface area contributed by atoms with Gasteiger partial charge in [-0.1, -0.05) is 28.3 Å². The summed E-state index contributed by atoms with van der Waals surface area (Å²) in [5, 5.41) is 15.2. The van der Waals surface area contributed by atoms with E-state index in [0.29, 0.717) is 15.6 Å². The quantitative estimate of drug-likeness (QED) is 0.752. The molecule has 0 spiro atoms. The number of anilines is 1. The first-order chi connectivity index (χ1) is 11.4. The van der Waals surface area contributed by atoms with E-state index in [2.05, 4.69) is 20.6 Å². The second-order valence-electron chi connectivity index (χ2n) is 5.30. The summed E-state index contributed by atoms with van der Waals surface area (Å²) >= 11 is 11.9. The number of halogens is 2. The van der Waals surface area contributed by atoms with Gasteiger partial charge in [0.2, 0.25) is 5.89 Å². The van der Waals surface area contributed by atoms with E-state index in [0.717, 1.165) is 0 Å². The molecule has 124 valence electrons. The number of nitrogens with one attached hydrogen (secondary N) is 1. The first-order valence-corrected chi connectivity index (χ1v) is 7.84. The fourth-order valence-electron chi connectivity index (χ4n) is 1.98. The molecule has 0 aliphatic carbocycles. The molecular weight excluding hydrogens is 353 g/mol. The molecule has 24 heavy (non-hydrogen) atoms. The average molecular weight is 366 g/mol.